The molecule has 0 saturated carbocycles. The Morgan fingerprint density at radius 1 is 0.686 bits per heavy atom. The van der Waals surface area contributed by atoms with Crippen LogP contribution in [0.15, 0.2) is 109 Å². The van der Waals surface area contributed by atoms with Crippen LogP contribution >= 0.6 is 0 Å². The molecule has 0 saturated heterocycles. The molecule has 0 aromatic heterocycles. The molecule has 4 aromatic carbocycles. The van der Waals surface area contributed by atoms with Gasteiger partial charge in [0.2, 0.25) is 0 Å². The van der Waals surface area contributed by atoms with E-state index in [1.807, 2.05) is 84.9 Å². The monoisotopic (exact) mass is 464 g/mol. The number of hydrogen-bond acceptors (Lipinski definition) is 4. The largest absolute Gasteiger partial charge is 0.497 e. The summed E-state index contributed by atoms with van der Waals surface area (Å²) >= 11 is 0. The number of rotatable bonds is 11. The Kier molecular flexibility index (Phi) is 8.08. The molecule has 1 atom stereocenters. The Bertz CT molecular complexity index is 1230. The first-order chi connectivity index (χ1) is 17.1. The molecule has 0 bridgehead atoms. The minimum absolute atomic E-state index is 0.0226. The molecule has 176 valence electrons. The fraction of sp³-hybridized carbons (Fsp3) is 0.161. The van der Waals surface area contributed by atoms with E-state index in [-0.39, 0.29) is 18.0 Å². The molecule has 4 aromatic rings. The van der Waals surface area contributed by atoms with Crippen molar-refractivity contribution in [3.63, 3.8) is 0 Å². The van der Waals surface area contributed by atoms with Crippen molar-refractivity contribution in [2.75, 3.05) is 7.11 Å². The van der Waals surface area contributed by atoms with Gasteiger partial charge in [-0.25, -0.2) is 0 Å². The molecule has 35 heavy (non-hydrogen) atoms. The van der Waals surface area contributed by atoms with E-state index in [1.54, 1.807) is 31.4 Å². The lowest BCUT2D eigenvalue weighted by molar-refractivity contribution is 0.0936. The summed E-state index contributed by atoms with van der Waals surface area (Å²) in [5.74, 6) is 0.989. The topological polar surface area (TPSA) is 52.6 Å². The minimum atomic E-state index is -0.440. The van der Waals surface area contributed by atoms with Crippen molar-refractivity contribution in [3.05, 3.63) is 131 Å². The average molecular weight is 465 g/mol. The van der Waals surface area contributed by atoms with Gasteiger partial charge in [-0.15, -0.1) is 0 Å². The minimum Gasteiger partial charge on any atom is -0.497 e. The van der Waals surface area contributed by atoms with Gasteiger partial charge in [-0.05, 0) is 53.9 Å². The van der Waals surface area contributed by atoms with Crippen LogP contribution in [0.25, 0.3) is 0 Å². The summed E-state index contributed by atoms with van der Waals surface area (Å²) in [6.45, 7) is 0.463. The molecule has 1 unspecified atom stereocenters. The number of ether oxygens (including phenoxy) is 2. The van der Waals surface area contributed by atoms with Crippen LogP contribution < -0.4 is 9.47 Å². The molecule has 0 aliphatic rings. The molecule has 0 amide bonds. The highest BCUT2D eigenvalue weighted by Crippen LogP contribution is 2.29. The van der Waals surface area contributed by atoms with Gasteiger partial charge in [0.15, 0.2) is 11.6 Å². The van der Waals surface area contributed by atoms with Crippen LogP contribution in [-0.2, 0) is 6.61 Å². The van der Waals surface area contributed by atoms with Crippen LogP contribution in [0.4, 0.5) is 0 Å². The fourth-order valence-electron chi connectivity index (χ4n) is 3.99. The molecule has 0 aliphatic heterocycles. The zero-order valence-corrected chi connectivity index (χ0v) is 19.7. The number of benzene rings is 4. The van der Waals surface area contributed by atoms with Gasteiger partial charge in [0.05, 0.1) is 7.11 Å². The van der Waals surface area contributed by atoms with E-state index >= 15 is 0 Å². The molecular weight excluding hydrogens is 436 g/mol. The summed E-state index contributed by atoms with van der Waals surface area (Å²) in [5.41, 5.74) is 3.19. The number of methoxy groups -OCH3 is 1. The lowest BCUT2D eigenvalue weighted by Gasteiger charge is -2.17. The van der Waals surface area contributed by atoms with E-state index in [9.17, 15) is 9.59 Å². The SMILES string of the molecule is COc1ccc(C(CCC(=O)c2ccccc2)C(=O)c2ccc(OCc3ccccc3)cc2)cc1. The molecule has 4 rings (SSSR count). The standard InChI is InChI=1S/C31H28O4/c1-34-27-16-12-24(13-17-27)29(20-21-30(32)25-10-6-3-7-11-25)31(33)26-14-18-28(19-15-26)35-22-23-8-4-2-5-9-23/h2-19,29H,20-22H2,1H3. The first-order valence-corrected chi connectivity index (χ1v) is 11.7. The van der Waals surface area contributed by atoms with E-state index < -0.39 is 5.92 Å². The molecule has 0 N–H and O–H groups in total. The van der Waals surface area contributed by atoms with E-state index in [1.165, 1.54) is 0 Å². The molecule has 0 radical (unpaired) electrons. The molecule has 0 spiro atoms. The van der Waals surface area contributed by atoms with Crippen molar-refractivity contribution in [1.29, 1.82) is 0 Å². The van der Waals surface area contributed by atoms with Crippen LogP contribution in [0.1, 0.15) is 50.6 Å². The van der Waals surface area contributed by atoms with Crippen LogP contribution in [0.5, 0.6) is 11.5 Å². The quantitative estimate of drug-likeness (QED) is 0.227. The number of hydrogen-bond donors (Lipinski definition) is 0. The van der Waals surface area contributed by atoms with Gasteiger partial charge in [-0.3, -0.25) is 9.59 Å². The number of carbonyl (C=O) groups is 2. The Morgan fingerprint density at radius 2 is 1.29 bits per heavy atom. The molecule has 4 heteroatoms. The molecule has 0 heterocycles. The first-order valence-electron chi connectivity index (χ1n) is 11.7. The summed E-state index contributed by atoms with van der Waals surface area (Å²) in [5, 5.41) is 0. The second-order valence-corrected chi connectivity index (χ2v) is 8.32. The zero-order chi connectivity index (χ0) is 24.5. The van der Waals surface area contributed by atoms with Gasteiger partial charge >= 0.3 is 0 Å². The van der Waals surface area contributed by atoms with Gasteiger partial charge in [0.1, 0.15) is 18.1 Å². The van der Waals surface area contributed by atoms with Gasteiger partial charge in [0, 0.05) is 23.5 Å². The smallest absolute Gasteiger partial charge is 0.170 e. The van der Waals surface area contributed by atoms with E-state index in [4.69, 9.17) is 9.47 Å². The normalized spacial score (nSPS) is 11.5. The summed E-state index contributed by atoms with van der Waals surface area (Å²) in [7, 11) is 1.61. The summed E-state index contributed by atoms with van der Waals surface area (Å²) in [6, 6.07) is 33.8. The Hall–Kier alpha value is -4.18. The van der Waals surface area contributed by atoms with Gasteiger partial charge in [-0.1, -0.05) is 72.8 Å². The summed E-state index contributed by atoms with van der Waals surface area (Å²) in [4.78, 5) is 26.3. The van der Waals surface area contributed by atoms with Gasteiger partial charge < -0.3 is 9.47 Å². The lowest BCUT2D eigenvalue weighted by Crippen LogP contribution is -2.15. The van der Waals surface area contributed by atoms with E-state index in [0.29, 0.717) is 29.9 Å². The van der Waals surface area contributed by atoms with Crippen molar-refractivity contribution in [2.45, 2.75) is 25.4 Å². The van der Waals surface area contributed by atoms with Crippen LogP contribution in [0.2, 0.25) is 0 Å². The number of ketones is 2. The maximum atomic E-state index is 13.6. The van der Waals surface area contributed by atoms with E-state index in [0.717, 1.165) is 16.9 Å². The highest BCUT2D eigenvalue weighted by Gasteiger charge is 2.23. The zero-order valence-electron chi connectivity index (χ0n) is 19.7. The second kappa shape index (κ2) is 11.8. The Balaban J connectivity index is 1.49. The molecule has 4 nitrogen and oxygen atoms in total. The number of Topliss-reactive ketones (excluding diaryl/α,β-unsaturated/α-hetero) is 2. The van der Waals surface area contributed by atoms with Crippen molar-refractivity contribution < 1.29 is 19.1 Å². The van der Waals surface area contributed by atoms with Crippen LogP contribution in [0, 0.1) is 0 Å². The molecule has 0 aliphatic carbocycles. The summed E-state index contributed by atoms with van der Waals surface area (Å²) in [6.07, 6.45) is 0.704. The predicted molar refractivity (Wildman–Crippen MR) is 137 cm³/mol. The summed E-state index contributed by atoms with van der Waals surface area (Å²) < 4.78 is 11.1. The second-order valence-electron chi connectivity index (χ2n) is 8.32. The first kappa shape index (κ1) is 24.0. The fourth-order valence-corrected chi connectivity index (χ4v) is 3.99. The highest BCUT2D eigenvalue weighted by molar-refractivity contribution is 6.02. The molecular formula is C31H28O4. The third-order valence-electron chi connectivity index (χ3n) is 5.98. The van der Waals surface area contributed by atoms with Crippen molar-refractivity contribution in [2.24, 2.45) is 0 Å². The lowest BCUT2D eigenvalue weighted by atomic mass is 9.86. The maximum Gasteiger partial charge on any atom is 0.170 e. The van der Waals surface area contributed by atoms with Crippen LogP contribution in [-0.4, -0.2) is 18.7 Å². The third-order valence-corrected chi connectivity index (χ3v) is 5.98. The Labute approximate surface area is 206 Å². The van der Waals surface area contributed by atoms with Gasteiger partial charge in [0.25, 0.3) is 0 Å². The third kappa shape index (κ3) is 6.45. The van der Waals surface area contributed by atoms with Crippen molar-refractivity contribution >= 4 is 11.6 Å². The highest BCUT2D eigenvalue weighted by atomic mass is 16.5. The molecule has 0 fully saturated rings. The predicted octanol–water partition coefficient (Wildman–Crippen LogP) is 6.90. The Morgan fingerprint density at radius 3 is 1.91 bits per heavy atom. The van der Waals surface area contributed by atoms with Crippen LogP contribution in [0.3, 0.4) is 0 Å². The van der Waals surface area contributed by atoms with Crippen molar-refractivity contribution in [1.82, 2.24) is 0 Å². The van der Waals surface area contributed by atoms with E-state index in [2.05, 4.69) is 0 Å². The maximum absolute atomic E-state index is 13.6. The average Bonchev–Trinajstić information content (AvgIpc) is 2.93. The van der Waals surface area contributed by atoms with Gasteiger partial charge in [-0.2, -0.15) is 0 Å². The van der Waals surface area contributed by atoms with Crippen molar-refractivity contribution in [3.8, 4) is 11.5 Å². The number of carbonyl (C=O) groups excluding carboxylic acids is 2.